The van der Waals surface area contributed by atoms with Crippen molar-refractivity contribution in [1.29, 1.82) is 5.41 Å². The van der Waals surface area contributed by atoms with Crippen LogP contribution in [0.15, 0.2) is 48.5 Å². The predicted octanol–water partition coefficient (Wildman–Crippen LogP) is 2.32. The largest absolute Gasteiger partial charge is 0.312 e. The summed E-state index contributed by atoms with van der Waals surface area (Å²) in [6.45, 7) is 0.593. The summed E-state index contributed by atoms with van der Waals surface area (Å²) < 4.78 is 0. The van der Waals surface area contributed by atoms with Crippen LogP contribution < -0.4 is 10.2 Å². The third-order valence-electron chi connectivity index (χ3n) is 3.73. The van der Waals surface area contributed by atoms with Crippen LogP contribution in [-0.2, 0) is 6.42 Å². The molecule has 0 aromatic heterocycles. The Morgan fingerprint density at radius 2 is 1.87 bits per heavy atom. The van der Waals surface area contributed by atoms with Gasteiger partial charge in [0, 0.05) is 18.3 Å². The minimum absolute atomic E-state index is 0.0604. The zero-order chi connectivity index (χ0) is 16.4. The molecular weight excluding hydrogens is 296 g/mol. The fourth-order valence-corrected chi connectivity index (χ4v) is 2.64. The smallest absolute Gasteiger partial charge is 0.282 e. The molecule has 1 aliphatic heterocycles. The van der Waals surface area contributed by atoms with Gasteiger partial charge in [0.2, 0.25) is 5.96 Å². The highest BCUT2D eigenvalue weighted by atomic mass is 16.6. The second-order valence-corrected chi connectivity index (χ2v) is 5.11. The fourth-order valence-electron chi connectivity index (χ4n) is 2.64. The van der Waals surface area contributed by atoms with Gasteiger partial charge in [-0.05, 0) is 24.1 Å². The number of hydrogen-bond donors (Lipinski definition) is 2. The minimum Gasteiger partial charge on any atom is -0.312 e. The van der Waals surface area contributed by atoms with Crippen LogP contribution >= 0.6 is 0 Å². The molecule has 1 amide bonds. The van der Waals surface area contributed by atoms with E-state index in [0.29, 0.717) is 6.54 Å². The first kappa shape index (κ1) is 14.7. The van der Waals surface area contributed by atoms with Crippen LogP contribution in [0, 0.1) is 15.5 Å². The Balaban J connectivity index is 1.79. The lowest BCUT2D eigenvalue weighted by Gasteiger charge is -2.20. The SMILES string of the molecule is N=C(NC(=O)c1ccccc1[N+](=O)[O-])N1CCc2ccccc21. The first-order valence-corrected chi connectivity index (χ1v) is 7.06. The maximum atomic E-state index is 12.3. The van der Waals surface area contributed by atoms with E-state index in [1.165, 1.54) is 18.2 Å². The summed E-state index contributed by atoms with van der Waals surface area (Å²) in [4.78, 5) is 24.3. The molecule has 1 heterocycles. The Labute approximate surface area is 132 Å². The molecule has 0 fully saturated rings. The van der Waals surface area contributed by atoms with E-state index in [-0.39, 0.29) is 17.2 Å². The molecule has 0 spiro atoms. The first-order valence-electron chi connectivity index (χ1n) is 7.06. The number of carbonyl (C=O) groups excluding carboxylic acids is 1. The second-order valence-electron chi connectivity index (χ2n) is 5.11. The van der Waals surface area contributed by atoms with Gasteiger partial charge in [0.25, 0.3) is 11.6 Å². The number of nitrogens with zero attached hydrogens (tertiary/aromatic N) is 2. The average molecular weight is 310 g/mol. The molecule has 7 nitrogen and oxygen atoms in total. The number of carbonyl (C=O) groups is 1. The Hall–Kier alpha value is -3.22. The van der Waals surface area contributed by atoms with Crippen molar-refractivity contribution >= 4 is 23.2 Å². The molecule has 2 aromatic carbocycles. The maximum Gasteiger partial charge on any atom is 0.282 e. The molecule has 116 valence electrons. The number of amides is 1. The predicted molar refractivity (Wildman–Crippen MR) is 85.8 cm³/mol. The van der Waals surface area contributed by atoms with Crippen LogP contribution in [0.4, 0.5) is 11.4 Å². The van der Waals surface area contributed by atoms with Crippen molar-refractivity contribution in [2.24, 2.45) is 0 Å². The van der Waals surface area contributed by atoms with Crippen molar-refractivity contribution in [3.63, 3.8) is 0 Å². The summed E-state index contributed by atoms with van der Waals surface area (Å²) in [5, 5.41) is 21.5. The topological polar surface area (TPSA) is 99.3 Å². The van der Waals surface area contributed by atoms with Gasteiger partial charge in [-0.2, -0.15) is 0 Å². The standard InChI is InChI=1S/C16H14N4O3/c17-16(19-10-9-11-5-1-3-7-13(11)19)18-15(21)12-6-2-4-8-14(12)20(22)23/h1-8H,9-10H2,(H2,17,18,21). The highest BCUT2D eigenvalue weighted by Crippen LogP contribution is 2.27. The minimum atomic E-state index is -0.660. The molecular formula is C16H14N4O3. The van der Waals surface area contributed by atoms with Crippen LogP contribution in [0.5, 0.6) is 0 Å². The highest BCUT2D eigenvalue weighted by Gasteiger charge is 2.25. The molecule has 0 saturated heterocycles. The number of nitro groups is 1. The van der Waals surface area contributed by atoms with Crippen molar-refractivity contribution in [3.05, 3.63) is 69.8 Å². The van der Waals surface area contributed by atoms with Gasteiger partial charge in [-0.1, -0.05) is 30.3 Å². The second kappa shape index (κ2) is 5.88. The molecule has 2 aromatic rings. The van der Waals surface area contributed by atoms with Gasteiger partial charge in [-0.25, -0.2) is 0 Å². The van der Waals surface area contributed by atoms with Gasteiger partial charge in [-0.3, -0.25) is 25.6 Å². The summed E-state index contributed by atoms with van der Waals surface area (Å²) in [5.74, 6) is -0.746. The molecule has 0 aliphatic carbocycles. The number of guanidine groups is 1. The number of hydrogen-bond acceptors (Lipinski definition) is 4. The Kier molecular flexibility index (Phi) is 3.76. The van der Waals surface area contributed by atoms with Crippen LogP contribution in [0.2, 0.25) is 0 Å². The normalized spacial score (nSPS) is 12.6. The Morgan fingerprint density at radius 1 is 1.17 bits per heavy atom. The fraction of sp³-hybridized carbons (Fsp3) is 0.125. The molecule has 7 heteroatoms. The van der Waals surface area contributed by atoms with E-state index in [4.69, 9.17) is 5.41 Å². The Morgan fingerprint density at radius 3 is 2.65 bits per heavy atom. The molecule has 0 atom stereocenters. The molecule has 1 aliphatic rings. The van der Waals surface area contributed by atoms with Crippen LogP contribution in [-0.4, -0.2) is 23.3 Å². The number of nitrogens with one attached hydrogen (secondary N) is 2. The van der Waals surface area contributed by atoms with E-state index < -0.39 is 10.8 Å². The Bertz CT molecular complexity index is 803. The van der Waals surface area contributed by atoms with Gasteiger partial charge in [0.1, 0.15) is 5.56 Å². The lowest BCUT2D eigenvalue weighted by atomic mass is 10.1. The van der Waals surface area contributed by atoms with Crippen molar-refractivity contribution in [3.8, 4) is 0 Å². The zero-order valence-electron chi connectivity index (χ0n) is 12.2. The van der Waals surface area contributed by atoms with E-state index in [1.807, 2.05) is 24.3 Å². The quantitative estimate of drug-likeness (QED) is 0.385. The van der Waals surface area contributed by atoms with Gasteiger partial charge >= 0.3 is 0 Å². The summed E-state index contributed by atoms with van der Waals surface area (Å²) in [6, 6.07) is 13.3. The summed E-state index contributed by atoms with van der Waals surface area (Å²) in [5.41, 5.74) is 1.65. The van der Waals surface area contributed by atoms with Crippen molar-refractivity contribution in [2.45, 2.75) is 6.42 Å². The van der Waals surface area contributed by atoms with Crippen molar-refractivity contribution in [2.75, 3.05) is 11.4 Å². The number of nitro benzene ring substituents is 1. The third kappa shape index (κ3) is 2.76. The number of rotatable bonds is 2. The first-order chi connectivity index (χ1) is 11.1. The summed E-state index contributed by atoms with van der Waals surface area (Å²) in [7, 11) is 0. The van der Waals surface area contributed by atoms with Gasteiger partial charge < -0.3 is 4.90 Å². The van der Waals surface area contributed by atoms with Gasteiger partial charge in [0.05, 0.1) is 4.92 Å². The highest BCUT2D eigenvalue weighted by molar-refractivity contribution is 6.11. The average Bonchev–Trinajstić information content (AvgIpc) is 2.98. The maximum absolute atomic E-state index is 12.3. The molecule has 0 saturated carbocycles. The molecule has 0 radical (unpaired) electrons. The van der Waals surface area contributed by atoms with Crippen LogP contribution in [0.1, 0.15) is 15.9 Å². The molecule has 2 N–H and O–H groups in total. The third-order valence-corrected chi connectivity index (χ3v) is 3.73. The van der Waals surface area contributed by atoms with Crippen LogP contribution in [0.25, 0.3) is 0 Å². The monoisotopic (exact) mass is 310 g/mol. The summed E-state index contributed by atoms with van der Waals surface area (Å²) in [6.07, 6.45) is 0.792. The molecule has 0 unspecified atom stereocenters. The lowest BCUT2D eigenvalue weighted by molar-refractivity contribution is -0.385. The van der Waals surface area contributed by atoms with E-state index in [2.05, 4.69) is 5.32 Å². The zero-order valence-corrected chi connectivity index (χ0v) is 12.2. The molecule has 0 bridgehead atoms. The van der Waals surface area contributed by atoms with Gasteiger partial charge in [0.15, 0.2) is 0 Å². The molecule has 23 heavy (non-hydrogen) atoms. The van der Waals surface area contributed by atoms with E-state index in [1.54, 1.807) is 11.0 Å². The van der Waals surface area contributed by atoms with Crippen molar-refractivity contribution < 1.29 is 9.72 Å². The summed E-state index contributed by atoms with van der Waals surface area (Å²) >= 11 is 0. The van der Waals surface area contributed by atoms with E-state index in [9.17, 15) is 14.9 Å². The van der Waals surface area contributed by atoms with Crippen LogP contribution in [0.3, 0.4) is 0 Å². The van der Waals surface area contributed by atoms with E-state index >= 15 is 0 Å². The number of anilines is 1. The number of para-hydroxylation sites is 2. The van der Waals surface area contributed by atoms with E-state index in [0.717, 1.165) is 17.7 Å². The van der Waals surface area contributed by atoms with Crippen molar-refractivity contribution in [1.82, 2.24) is 5.32 Å². The number of benzene rings is 2. The number of fused-ring (bicyclic) bond motifs is 1. The molecule has 3 rings (SSSR count). The lowest BCUT2D eigenvalue weighted by Crippen LogP contribution is -2.43. The van der Waals surface area contributed by atoms with Gasteiger partial charge in [-0.15, -0.1) is 0 Å².